The van der Waals surface area contributed by atoms with Crippen LogP contribution >= 0.6 is 8.53 Å². The summed E-state index contributed by atoms with van der Waals surface area (Å²) in [4.78, 5) is 66.9. The number of urea groups is 1. The van der Waals surface area contributed by atoms with Gasteiger partial charge in [-0.25, -0.2) is 23.7 Å². The molecule has 8 atom stereocenters. The minimum absolute atomic E-state index is 0.0310. The van der Waals surface area contributed by atoms with Crippen LogP contribution in [0, 0.1) is 22.7 Å². The maximum absolute atomic E-state index is 16.2. The predicted octanol–water partition coefficient (Wildman–Crippen LogP) is 16.3. The summed E-state index contributed by atoms with van der Waals surface area (Å²) in [5.74, 6) is 0.284. The van der Waals surface area contributed by atoms with Gasteiger partial charge in [0.15, 0.2) is 0 Å². The van der Waals surface area contributed by atoms with E-state index in [1.807, 2.05) is 115 Å². The van der Waals surface area contributed by atoms with Crippen LogP contribution in [0.2, 0.25) is 61.4 Å². The molecule has 3 fully saturated rings. The number of nitrogens with zero attached hydrogens (tertiary/aromatic N) is 6. The summed E-state index contributed by atoms with van der Waals surface area (Å²) in [6.45, 7) is 36.8. The molecule has 8 aromatic rings. The third kappa shape index (κ3) is 21.6. The second kappa shape index (κ2) is 40.4. The van der Waals surface area contributed by atoms with E-state index < -0.39 is 129 Å². The van der Waals surface area contributed by atoms with E-state index in [1.165, 1.54) is 4.57 Å². The lowest BCUT2D eigenvalue weighted by Crippen LogP contribution is -2.67. The number of rotatable bonds is 40. The van der Waals surface area contributed by atoms with Gasteiger partial charge in [-0.2, -0.15) is 5.26 Å². The fourth-order valence-corrected chi connectivity index (χ4v) is 29.7. The third-order valence-corrected chi connectivity index (χ3v) is 39.1. The predicted molar refractivity (Wildman–Crippen MR) is 490 cm³/mol. The number of methoxy groups -OCH3 is 2. The molecule has 26 heteroatoms. The van der Waals surface area contributed by atoms with Crippen molar-refractivity contribution in [3.8, 4) is 17.6 Å². The Morgan fingerprint density at radius 1 is 0.562 bits per heavy atom. The van der Waals surface area contributed by atoms with Gasteiger partial charge in [0.2, 0.25) is 5.91 Å². The highest BCUT2D eigenvalue weighted by Crippen LogP contribution is 2.51. The van der Waals surface area contributed by atoms with Crippen molar-refractivity contribution in [2.24, 2.45) is 11.3 Å². The molecule has 3 aliphatic heterocycles. The van der Waals surface area contributed by atoms with Gasteiger partial charge in [0.1, 0.15) is 49.1 Å². The van der Waals surface area contributed by atoms with Crippen LogP contribution in [0.15, 0.2) is 216 Å². The van der Waals surface area contributed by atoms with Crippen LogP contribution in [-0.4, -0.2) is 172 Å². The zero-order valence-corrected chi connectivity index (χ0v) is 79.5. The van der Waals surface area contributed by atoms with E-state index in [0.29, 0.717) is 18.1 Å². The average Bonchev–Trinajstić information content (AvgIpc) is 1.33. The first-order valence-electron chi connectivity index (χ1n) is 42.7. The van der Waals surface area contributed by atoms with Gasteiger partial charge in [-0.15, -0.1) is 0 Å². The highest BCUT2D eigenvalue weighted by atomic mass is 31.2. The minimum atomic E-state index is -3.27. The number of ether oxygens (including phenoxy) is 7. The Hall–Kier alpha value is -7.85. The summed E-state index contributed by atoms with van der Waals surface area (Å²) >= 11 is 0. The topological polar surface area (TPSA) is 213 Å². The van der Waals surface area contributed by atoms with Gasteiger partial charge in [-0.1, -0.05) is 257 Å². The van der Waals surface area contributed by atoms with E-state index in [-0.39, 0.29) is 89.6 Å². The Morgan fingerprint density at radius 3 is 1.45 bits per heavy atom. The number of carbonyl (C=O) groups is 2. The van der Waals surface area contributed by atoms with Gasteiger partial charge >= 0.3 is 11.7 Å². The van der Waals surface area contributed by atoms with Crippen LogP contribution in [-0.2, 0) is 65.1 Å². The first-order chi connectivity index (χ1) is 57.5. The molecule has 11 rings (SSSR count). The Balaban J connectivity index is 1.04. The highest BCUT2D eigenvalue weighted by molar-refractivity contribution is 7.44. The van der Waals surface area contributed by atoms with Crippen molar-refractivity contribution in [3.05, 3.63) is 249 Å². The quantitative estimate of drug-likeness (QED) is 0.0151. The van der Waals surface area contributed by atoms with Crippen molar-refractivity contribution < 1.29 is 60.6 Å². The molecule has 0 N–H and O–H groups in total. The van der Waals surface area contributed by atoms with E-state index in [2.05, 4.69) is 204 Å². The van der Waals surface area contributed by atoms with Crippen LogP contribution in [0.1, 0.15) is 124 Å². The van der Waals surface area contributed by atoms with Crippen LogP contribution < -0.4 is 41.5 Å². The molecule has 1 unspecified atom stereocenters. The van der Waals surface area contributed by atoms with Gasteiger partial charge in [0.25, 0.3) is 30.7 Å². The van der Waals surface area contributed by atoms with Crippen molar-refractivity contribution in [2.75, 3.05) is 67.1 Å². The summed E-state index contributed by atoms with van der Waals surface area (Å²) in [5, 5.41) is 13.3. The molecule has 0 spiro atoms. The lowest BCUT2D eigenvalue weighted by atomic mass is 9.80. The van der Waals surface area contributed by atoms with E-state index in [9.17, 15) is 5.26 Å². The Morgan fingerprint density at radius 2 is 1.01 bits per heavy atom. The molecule has 0 aliphatic carbocycles. The average molecular weight is 1740 g/mol. The molecule has 121 heavy (non-hydrogen) atoms. The molecule has 3 aliphatic rings. The van der Waals surface area contributed by atoms with Crippen LogP contribution in [0.25, 0.3) is 0 Å². The first-order valence-corrected chi connectivity index (χ1v) is 55.1. The van der Waals surface area contributed by atoms with Crippen LogP contribution in [0.3, 0.4) is 0 Å². The summed E-state index contributed by atoms with van der Waals surface area (Å²) in [6, 6.07) is 70.5. The SMILES string of the molecule is COc1ccc(C(OC[C@H]2O[C@@H](n3cc(C[C@]4(C)CN([C@H]5C[C@H](OP(OCCC#N)N(C(C)C)C(C)C)[C@@H](CO[Si](c6ccccc6)(c6ccccc6)C(C)(C)C)O5)C(=O)N(COCC[Si](C)(C)C)C4=O)c(=O)n(COCC[Si](C)(C)C)c3=O)C[C@@H]2CO[Si](c2ccccc2)(c2ccccc2)C(C)(C)C)(c2ccccc2)c2ccc(OC)cc2)cc1. The van der Waals surface area contributed by atoms with Gasteiger partial charge in [0.05, 0.1) is 64.2 Å². The summed E-state index contributed by atoms with van der Waals surface area (Å²) in [7, 11) is -8.55. The molecule has 0 bridgehead atoms. The Kier molecular flexibility index (Phi) is 31.3. The number of aromatic nitrogens is 2. The molecule has 0 radical (unpaired) electrons. The zero-order chi connectivity index (χ0) is 87.3. The van der Waals surface area contributed by atoms with E-state index >= 15 is 19.2 Å². The first kappa shape index (κ1) is 93.8. The standard InChI is InChI=1S/C95H129N6O15PSi4/c1-70(2)101(71(3)4)117(111-55-35-54-96)116-83-61-87(115-85(83)66-113-121(93(8,9)10,81-42-31-23-32-43-81)82-44-33-24-34-45-82)98-67-94(11,89(103)100(91(98)105)69-109-57-59-119(17,18)19)62-73-63-97(90(104)99(88(73)102)68-108-56-58-118(14,15)16)86-60-72(64-112-120(92(5,6)7,79-38-27-21-28-39-79)80-40-29-22-30-41-80)84(114-86)65-110-95(74-36-25-20-26-37-74,75-46-50-77(106-12)51-47-75)76-48-52-78(107-13)53-49-76/h20-34,36-53,63,70-72,83-87H,35,55-62,64-69H2,1-19H3/t72-,83+,84-,85-,86-,87-,94-,117?/m1/s1. The van der Waals surface area contributed by atoms with E-state index in [1.54, 1.807) is 32.2 Å². The lowest BCUT2D eigenvalue weighted by Gasteiger charge is -2.46. The van der Waals surface area contributed by atoms with E-state index in [4.69, 9.17) is 51.1 Å². The molecular formula is C95H129N6O15PSi4. The molecule has 0 saturated carbocycles. The van der Waals surface area contributed by atoms with Crippen molar-refractivity contribution in [1.82, 2.24) is 23.6 Å². The number of carbonyl (C=O) groups excluding carboxylic acids is 2. The fraction of sp³-hybridized carbons (Fsp3) is 0.484. The van der Waals surface area contributed by atoms with Gasteiger partial charge in [-0.05, 0) is 125 Å². The number of hydrogen-bond donors (Lipinski definition) is 0. The summed E-state index contributed by atoms with van der Waals surface area (Å²) in [6.07, 6.45) is -2.72. The minimum Gasteiger partial charge on any atom is -0.497 e. The third-order valence-electron chi connectivity index (χ3n) is 23.6. The number of imide groups is 1. The molecule has 3 saturated heterocycles. The molecule has 4 heterocycles. The highest BCUT2D eigenvalue weighted by Gasteiger charge is 2.57. The molecule has 650 valence electrons. The van der Waals surface area contributed by atoms with Crippen molar-refractivity contribution in [3.63, 3.8) is 0 Å². The fourth-order valence-electron chi connectivity index (χ4n) is 17.3. The Labute approximate surface area is 723 Å². The maximum atomic E-state index is 16.2. The van der Waals surface area contributed by atoms with Gasteiger partial charge in [0, 0.05) is 85.1 Å². The van der Waals surface area contributed by atoms with Crippen molar-refractivity contribution >= 4 is 74.0 Å². The smallest absolute Gasteiger partial charge is 0.335 e. The van der Waals surface area contributed by atoms with Gasteiger partial charge < -0.3 is 51.1 Å². The summed E-state index contributed by atoms with van der Waals surface area (Å²) in [5.41, 5.74) is -1.65. The molecule has 1 aromatic heterocycles. The number of hydrogen-bond acceptors (Lipinski definition) is 17. The molecule has 3 amide bonds. The molecule has 7 aromatic carbocycles. The normalized spacial score (nSPS) is 19.9. The van der Waals surface area contributed by atoms with Crippen molar-refractivity contribution in [2.45, 2.75) is 218 Å². The van der Waals surface area contributed by atoms with Crippen LogP contribution in [0.4, 0.5) is 4.79 Å². The van der Waals surface area contributed by atoms with Crippen LogP contribution in [0.5, 0.6) is 11.5 Å². The Bertz CT molecular complexity index is 4700. The van der Waals surface area contributed by atoms with Gasteiger partial charge in [-0.3, -0.25) is 19.1 Å². The number of amides is 3. The monoisotopic (exact) mass is 1740 g/mol. The second-order valence-corrected chi connectivity index (χ2v) is 58.9. The number of nitriles is 1. The second-order valence-electron chi connectivity index (χ2n) is 37.6. The summed E-state index contributed by atoms with van der Waals surface area (Å²) < 4.78 is 81.5. The van der Waals surface area contributed by atoms with Crippen molar-refractivity contribution in [1.29, 1.82) is 5.26 Å². The number of benzene rings is 7. The lowest BCUT2D eigenvalue weighted by molar-refractivity contribution is -0.154. The largest absolute Gasteiger partial charge is 0.497 e. The van der Waals surface area contributed by atoms with E-state index in [0.717, 1.165) is 59.0 Å². The molecular weight excluding hydrogens is 1610 g/mol. The molecule has 21 nitrogen and oxygen atoms in total. The zero-order valence-electron chi connectivity index (χ0n) is 74.6. The maximum Gasteiger partial charge on any atom is 0.335 e.